The SMILES string of the molecule is C.C.C.C.C=C(C)C(=O)OCC.CCOC(C)=O. The number of esters is 2. The lowest BCUT2D eigenvalue weighted by Gasteiger charge is -1.96. The minimum absolute atomic E-state index is 0. The van der Waals surface area contributed by atoms with Gasteiger partial charge in [-0.2, -0.15) is 0 Å². The number of carbonyl (C=O) groups excluding carboxylic acids is 2. The molecule has 0 aliphatic rings. The molecule has 0 aliphatic carbocycles. The molecule has 4 heteroatoms. The van der Waals surface area contributed by atoms with Gasteiger partial charge in [-0.3, -0.25) is 4.79 Å². The van der Waals surface area contributed by atoms with E-state index < -0.39 is 0 Å². The van der Waals surface area contributed by atoms with E-state index in [2.05, 4.69) is 16.1 Å². The van der Waals surface area contributed by atoms with Gasteiger partial charge in [-0.15, -0.1) is 0 Å². The van der Waals surface area contributed by atoms with Crippen LogP contribution in [0, 0.1) is 0 Å². The van der Waals surface area contributed by atoms with Crippen LogP contribution in [0.3, 0.4) is 0 Å². The lowest BCUT2D eigenvalue weighted by Crippen LogP contribution is -2.03. The van der Waals surface area contributed by atoms with Gasteiger partial charge in [0, 0.05) is 12.5 Å². The van der Waals surface area contributed by atoms with Gasteiger partial charge >= 0.3 is 11.9 Å². The molecule has 0 heterocycles. The second-order valence-corrected chi connectivity index (χ2v) is 2.43. The molecule has 0 saturated carbocycles. The first-order chi connectivity index (χ1) is 6.45. The highest BCUT2D eigenvalue weighted by atomic mass is 16.5. The van der Waals surface area contributed by atoms with Gasteiger partial charge < -0.3 is 9.47 Å². The molecule has 0 aromatic heterocycles. The molecule has 0 aromatic rings. The summed E-state index contributed by atoms with van der Waals surface area (Å²) >= 11 is 0. The van der Waals surface area contributed by atoms with Crippen molar-refractivity contribution in [2.45, 2.75) is 57.4 Å². The van der Waals surface area contributed by atoms with Crippen molar-refractivity contribution in [1.29, 1.82) is 0 Å². The molecule has 18 heavy (non-hydrogen) atoms. The Morgan fingerprint density at radius 3 is 1.28 bits per heavy atom. The second kappa shape index (κ2) is 24.8. The number of carbonyl (C=O) groups is 2. The van der Waals surface area contributed by atoms with Crippen LogP contribution in [0.2, 0.25) is 0 Å². The van der Waals surface area contributed by atoms with Gasteiger partial charge in [0.15, 0.2) is 0 Å². The Bertz CT molecular complexity index is 198. The maximum absolute atomic E-state index is 10.4. The normalized spacial score (nSPS) is 6.22. The molecule has 0 aliphatic heterocycles. The Morgan fingerprint density at radius 1 is 0.889 bits per heavy atom. The second-order valence-electron chi connectivity index (χ2n) is 2.43. The summed E-state index contributed by atoms with van der Waals surface area (Å²) in [5.41, 5.74) is 0.451. The maximum atomic E-state index is 10.4. The van der Waals surface area contributed by atoms with Crippen molar-refractivity contribution in [1.82, 2.24) is 0 Å². The van der Waals surface area contributed by atoms with Crippen molar-refractivity contribution in [2.24, 2.45) is 0 Å². The third-order valence-electron chi connectivity index (χ3n) is 0.971. The van der Waals surface area contributed by atoms with Gasteiger partial charge in [-0.1, -0.05) is 36.3 Å². The number of ether oxygens (including phenoxy) is 2. The molecule has 0 rings (SSSR count). The van der Waals surface area contributed by atoms with Crippen molar-refractivity contribution >= 4 is 11.9 Å². The van der Waals surface area contributed by atoms with Gasteiger partial charge in [-0.05, 0) is 20.8 Å². The van der Waals surface area contributed by atoms with E-state index in [1.54, 1.807) is 20.8 Å². The number of hydrogen-bond donors (Lipinski definition) is 0. The van der Waals surface area contributed by atoms with Crippen molar-refractivity contribution in [3.63, 3.8) is 0 Å². The average Bonchev–Trinajstić information content (AvgIpc) is 2.05. The minimum Gasteiger partial charge on any atom is -0.466 e. The van der Waals surface area contributed by atoms with Gasteiger partial charge in [-0.25, -0.2) is 4.79 Å². The molecule has 0 spiro atoms. The predicted molar refractivity (Wildman–Crippen MR) is 80.7 cm³/mol. The highest BCUT2D eigenvalue weighted by Crippen LogP contribution is 1.89. The van der Waals surface area contributed by atoms with E-state index in [-0.39, 0.29) is 41.6 Å². The predicted octanol–water partition coefficient (Wildman–Crippen LogP) is 4.24. The molecule has 0 atom stereocenters. The number of rotatable bonds is 3. The topological polar surface area (TPSA) is 52.6 Å². The molecule has 0 radical (unpaired) electrons. The molecule has 0 saturated heterocycles. The molecule has 0 bridgehead atoms. The van der Waals surface area contributed by atoms with E-state index in [4.69, 9.17) is 0 Å². The standard InChI is InChI=1S/C6H10O2.C4H8O2.4CH4/c1-4-8-6(7)5(2)3;1-3-6-4(2)5;;;;/h2,4H2,1,3H3;3H2,1-2H3;4*1H4. The summed E-state index contributed by atoms with van der Waals surface area (Å²) in [5, 5.41) is 0. The zero-order valence-corrected chi connectivity index (χ0v) is 9.25. The molecular formula is C14H34O4. The van der Waals surface area contributed by atoms with Crippen LogP contribution in [-0.4, -0.2) is 25.2 Å². The molecule has 0 unspecified atom stereocenters. The maximum Gasteiger partial charge on any atom is 0.333 e. The van der Waals surface area contributed by atoms with Crippen LogP contribution in [0.25, 0.3) is 0 Å². The lowest BCUT2D eigenvalue weighted by atomic mass is 10.4. The molecule has 0 fully saturated rings. The summed E-state index contributed by atoms with van der Waals surface area (Å²) in [6, 6.07) is 0. The first kappa shape index (κ1) is 36.0. The van der Waals surface area contributed by atoms with Gasteiger partial charge in [0.05, 0.1) is 13.2 Å². The third kappa shape index (κ3) is 36.5. The zero-order chi connectivity index (χ0) is 11.6. The summed E-state index contributed by atoms with van der Waals surface area (Å²) < 4.78 is 8.97. The van der Waals surface area contributed by atoms with Crippen LogP contribution in [0.5, 0.6) is 0 Å². The minimum atomic E-state index is -0.312. The smallest absolute Gasteiger partial charge is 0.333 e. The quantitative estimate of drug-likeness (QED) is 0.566. The first-order valence-electron chi connectivity index (χ1n) is 4.41. The van der Waals surface area contributed by atoms with Crippen LogP contribution < -0.4 is 0 Å². The van der Waals surface area contributed by atoms with Gasteiger partial charge in [0.1, 0.15) is 0 Å². The van der Waals surface area contributed by atoms with Crippen LogP contribution in [0.4, 0.5) is 0 Å². The molecule has 114 valence electrons. The Hall–Kier alpha value is -1.32. The Morgan fingerprint density at radius 2 is 1.22 bits per heavy atom. The third-order valence-corrected chi connectivity index (χ3v) is 0.971. The highest BCUT2D eigenvalue weighted by molar-refractivity contribution is 5.86. The fraction of sp³-hybridized carbons (Fsp3) is 0.714. The number of hydrogen-bond acceptors (Lipinski definition) is 4. The summed E-state index contributed by atoms with van der Waals surface area (Å²) in [6.07, 6.45) is 0. The van der Waals surface area contributed by atoms with Crippen LogP contribution >= 0.6 is 0 Å². The fourth-order valence-corrected chi connectivity index (χ4v) is 0.458. The lowest BCUT2D eigenvalue weighted by molar-refractivity contribution is -0.140. The van der Waals surface area contributed by atoms with Crippen LogP contribution in [0.15, 0.2) is 12.2 Å². The van der Waals surface area contributed by atoms with E-state index in [0.29, 0.717) is 18.8 Å². The Labute approximate surface area is 114 Å². The van der Waals surface area contributed by atoms with E-state index >= 15 is 0 Å². The van der Waals surface area contributed by atoms with E-state index in [9.17, 15) is 9.59 Å². The van der Waals surface area contributed by atoms with Crippen molar-refractivity contribution < 1.29 is 19.1 Å². The van der Waals surface area contributed by atoms with Crippen molar-refractivity contribution in [2.75, 3.05) is 13.2 Å². The van der Waals surface area contributed by atoms with E-state index in [1.165, 1.54) is 6.92 Å². The molecule has 0 aromatic carbocycles. The van der Waals surface area contributed by atoms with E-state index in [1.807, 2.05) is 0 Å². The van der Waals surface area contributed by atoms with Crippen LogP contribution in [-0.2, 0) is 19.1 Å². The first-order valence-corrected chi connectivity index (χ1v) is 4.41. The van der Waals surface area contributed by atoms with Crippen LogP contribution in [0.1, 0.15) is 57.4 Å². The van der Waals surface area contributed by atoms with Crippen molar-refractivity contribution in [3.05, 3.63) is 12.2 Å². The summed E-state index contributed by atoms with van der Waals surface area (Å²) in [6.45, 7) is 10.9. The highest BCUT2D eigenvalue weighted by Gasteiger charge is 1.98. The van der Waals surface area contributed by atoms with Gasteiger partial charge in [0.25, 0.3) is 0 Å². The summed E-state index contributed by atoms with van der Waals surface area (Å²) in [5.74, 6) is -0.523. The molecular weight excluding hydrogens is 232 g/mol. The largest absolute Gasteiger partial charge is 0.466 e. The van der Waals surface area contributed by atoms with Gasteiger partial charge in [0.2, 0.25) is 0 Å². The molecule has 0 amide bonds. The Kier molecular flexibility index (Phi) is 49.5. The van der Waals surface area contributed by atoms with Crippen molar-refractivity contribution in [3.8, 4) is 0 Å². The average molecular weight is 266 g/mol. The summed E-state index contributed by atoms with van der Waals surface area (Å²) in [7, 11) is 0. The summed E-state index contributed by atoms with van der Waals surface area (Å²) in [4.78, 5) is 20.2. The molecule has 0 N–H and O–H groups in total. The van der Waals surface area contributed by atoms with E-state index in [0.717, 1.165) is 0 Å². The molecule has 4 nitrogen and oxygen atoms in total. The fourth-order valence-electron chi connectivity index (χ4n) is 0.458. The Balaban J connectivity index is -0.0000000335. The monoisotopic (exact) mass is 266 g/mol. The zero-order valence-electron chi connectivity index (χ0n) is 9.25.